The molecule has 1 aliphatic heterocycles. The van der Waals surface area contributed by atoms with Gasteiger partial charge in [0, 0.05) is 13.1 Å². The normalized spacial score (nSPS) is 16.6. The van der Waals surface area contributed by atoms with Gasteiger partial charge in [-0.05, 0) is 0 Å². The monoisotopic (exact) mass is 253 g/mol. The Balaban J connectivity index is 2.57. The average molecular weight is 253 g/mol. The van der Waals surface area contributed by atoms with E-state index in [1.54, 1.807) is 0 Å². The Morgan fingerprint density at radius 3 is 3.00 bits per heavy atom. The zero-order chi connectivity index (χ0) is 7.56. The first kappa shape index (κ1) is 7.84. The van der Waals surface area contributed by atoms with Crippen LogP contribution in [0.15, 0.2) is 11.8 Å². The maximum Gasteiger partial charge on any atom is 0.333 e. The van der Waals surface area contributed by atoms with Gasteiger partial charge < -0.3 is 9.64 Å². The molecule has 0 bridgehead atoms. The van der Waals surface area contributed by atoms with Crippen molar-refractivity contribution < 1.29 is 9.53 Å². The van der Waals surface area contributed by atoms with Crippen LogP contribution in [0.4, 0.5) is 0 Å². The summed E-state index contributed by atoms with van der Waals surface area (Å²) >= 11 is 2.23. The van der Waals surface area contributed by atoms with E-state index in [-0.39, 0.29) is 5.97 Å². The fourth-order valence-electron chi connectivity index (χ4n) is 0.662. The molecule has 3 nitrogen and oxygen atoms in total. The van der Waals surface area contributed by atoms with Crippen molar-refractivity contribution in [3.05, 3.63) is 11.8 Å². The van der Waals surface area contributed by atoms with Gasteiger partial charge in [0.05, 0.1) is 10.2 Å². The Bertz CT molecular complexity index is 179. The van der Waals surface area contributed by atoms with Crippen LogP contribution in [0.1, 0.15) is 0 Å². The zero-order valence-corrected chi connectivity index (χ0v) is 7.79. The molecule has 4 heteroatoms. The molecule has 0 radical (unpaired) electrons. The number of carbonyl (C=O) groups excluding carboxylic acids is 1. The topological polar surface area (TPSA) is 29.5 Å². The summed E-state index contributed by atoms with van der Waals surface area (Å²) in [7, 11) is 1.93. The molecule has 0 aromatic heterocycles. The van der Waals surface area contributed by atoms with Crippen molar-refractivity contribution in [2.24, 2.45) is 0 Å². The first-order valence-corrected chi connectivity index (χ1v) is 4.41. The maximum absolute atomic E-state index is 10.5. The van der Waals surface area contributed by atoms with Crippen molar-refractivity contribution >= 4 is 28.6 Å². The highest BCUT2D eigenvalue weighted by Gasteiger charge is 2.14. The fraction of sp³-hybridized carbons (Fsp3) is 0.500. The van der Waals surface area contributed by atoms with Crippen LogP contribution in [0.5, 0.6) is 0 Å². The quantitative estimate of drug-likeness (QED) is 0.315. The van der Waals surface area contributed by atoms with Gasteiger partial charge in [-0.15, -0.1) is 0 Å². The molecule has 0 unspecified atom stereocenters. The highest BCUT2D eigenvalue weighted by Crippen LogP contribution is 2.10. The van der Waals surface area contributed by atoms with Crippen LogP contribution in [0.2, 0.25) is 0 Å². The van der Waals surface area contributed by atoms with E-state index in [9.17, 15) is 4.79 Å². The average Bonchev–Trinajstić information content (AvgIpc) is 2.34. The van der Waals surface area contributed by atoms with Gasteiger partial charge in [0.2, 0.25) is 0 Å². The van der Waals surface area contributed by atoms with Gasteiger partial charge in [-0.25, -0.2) is 4.79 Å². The van der Waals surface area contributed by atoms with Crippen molar-refractivity contribution in [1.82, 2.24) is 4.90 Å². The maximum atomic E-state index is 10.5. The second-order valence-corrected chi connectivity index (χ2v) is 2.74. The minimum atomic E-state index is -0.230. The van der Waals surface area contributed by atoms with Crippen molar-refractivity contribution in [1.29, 1.82) is 0 Å². The number of hydrogen-bond acceptors (Lipinski definition) is 3. The SMILES string of the molecule is CN(CI)C1=CC(=O)OC1. The van der Waals surface area contributed by atoms with E-state index in [1.807, 2.05) is 11.9 Å². The number of esters is 1. The Morgan fingerprint density at radius 2 is 2.60 bits per heavy atom. The number of cyclic esters (lactones) is 1. The van der Waals surface area contributed by atoms with E-state index in [2.05, 4.69) is 22.6 Å². The predicted molar refractivity (Wildman–Crippen MR) is 45.7 cm³/mol. The van der Waals surface area contributed by atoms with Crippen LogP contribution in [0.3, 0.4) is 0 Å². The second-order valence-electron chi connectivity index (χ2n) is 2.06. The van der Waals surface area contributed by atoms with E-state index >= 15 is 0 Å². The van der Waals surface area contributed by atoms with Crippen molar-refractivity contribution in [2.75, 3.05) is 18.2 Å². The minimum Gasteiger partial charge on any atom is -0.456 e. The van der Waals surface area contributed by atoms with Gasteiger partial charge >= 0.3 is 5.97 Å². The Kier molecular flexibility index (Phi) is 2.53. The summed E-state index contributed by atoms with van der Waals surface area (Å²) in [5.41, 5.74) is 0.958. The van der Waals surface area contributed by atoms with E-state index in [1.165, 1.54) is 6.08 Å². The van der Waals surface area contributed by atoms with Gasteiger partial charge in [-0.2, -0.15) is 0 Å². The molecule has 0 atom stereocenters. The first-order chi connectivity index (χ1) is 4.74. The molecule has 1 heterocycles. The predicted octanol–water partition coefficient (Wildman–Crippen LogP) is 0.751. The molecule has 0 aromatic carbocycles. The summed E-state index contributed by atoms with van der Waals surface area (Å²) in [6.07, 6.45) is 1.53. The van der Waals surface area contributed by atoms with E-state index in [0.29, 0.717) is 6.61 Å². The van der Waals surface area contributed by atoms with Crippen molar-refractivity contribution in [2.45, 2.75) is 0 Å². The van der Waals surface area contributed by atoms with Gasteiger partial charge in [-0.3, -0.25) is 0 Å². The highest BCUT2D eigenvalue weighted by atomic mass is 127. The Hall–Kier alpha value is -0.260. The molecule has 0 amide bonds. The van der Waals surface area contributed by atoms with Crippen LogP contribution in [0, 0.1) is 0 Å². The molecule has 0 aromatic rings. The fourth-order valence-corrected chi connectivity index (χ4v) is 1.10. The van der Waals surface area contributed by atoms with Gasteiger partial charge in [0.25, 0.3) is 0 Å². The van der Waals surface area contributed by atoms with Crippen molar-refractivity contribution in [3.8, 4) is 0 Å². The van der Waals surface area contributed by atoms with Crippen LogP contribution >= 0.6 is 22.6 Å². The van der Waals surface area contributed by atoms with Crippen molar-refractivity contribution in [3.63, 3.8) is 0 Å². The summed E-state index contributed by atoms with van der Waals surface area (Å²) in [6, 6.07) is 0. The number of alkyl halides is 1. The molecule has 1 aliphatic rings. The molecular weight excluding hydrogens is 245 g/mol. The third-order valence-electron chi connectivity index (χ3n) is 1.32. The molecule has 10 heavy (non-hydrogen) atoms. The third-order valence-corrected chi connectivity index (χ3v) is 2.34. The Morgan fingerprint density at radius 1 is 1.90 bits per heavy atom. The largest absolute Gasteiger partial charge is 0.456 e. The molecule has 0 spiro atoms. The third kappa shape index (κ3) is 1.62. The first-order valence-electron chi connectivity index (χ1n) is 2.88. The molecular formula is C6H8INO2. The minimum absolute atomic E-state index is 0.230. The van der Waals surface area contributed by atoms with Gasteiger partial charge in [-0.1, -0.05) is 22.6 Å². The smallest absolute Gasteiger partial charge is 0.333 e. The van der Waals surface area contributed by atoms with Crippen LogP contribution in [0.25, 0.3) is 0 Å². The summed E-state index contributed by atoms with van der Waals surface area (Å²) in [4.78, 5) is 12.5. The molecule has 0 saturated carbocycles. The number of rotatable bonds is 2. The molecule has 0 N–H and O–H groups in total. The van der Waals surface area contributed by atoms with Crippen LogP contribution in [-0.2, 0) is 9.53 Å². The number of halogens is 1. The summed E-state index contributed by atoms with van der Waals surface area (Å²) in [5, 5.41) is 0. The van der Waals surface area contributed by atoms with E-state index in [4.69, 9.17) is 4.74 Å². The number of ether oxygens (including phenoxy) is 1. The standard InChI is InChI=1S/C6H8INO2/c1-8(4-7)5-2-6(9)10-3-5/h2H,3-4H2,1H3. The lowest BCUT2D eigenvalue weighted by atomic mass is 10.4. The van der Waals surface area contributed by atoms with E-state index in [0.717, 1.165) is 10.2 Å². The summed E-state index contributed by atoms with van der Waals surface area (Å²) in [5.74, 6) is -0.230. The second kappa shape index (κ2) is 3.23. The summed E-state index contributed by atoms with van der Waals surface area (Å²) in [6.45, 7) is 0.429. The number of carbonyl (C=O) groups is 1. The lowest BCUT2D eigenvalue weighted by Gasteiger charge is -2.14. The number of likely N-dealkylation sites (N-methyl/N-ethyl adjacent to an activating group) is 1. The molecule has 56 valence electrons. The van der Waals surface area contributed by atoms with E-state index < -0.39 is 0 Å². The lowest BCUT2D eigenvalue weighted by Crippen LogP contribution is -2.15. The highest BCUT2D eigenvalue weighted by molar-refractivity contribution is 14.1. The number of hydrogen-bond donors (Lipinski definition) is 0. The lowest BCUT2D eigenvalue weighted by molar-refractivity contribution is -0.135. The molecule has 1 rings (SSSR count). The zero-order valence-electron chi connectivity index (χ0n) is 5.63. The molecule has 0 fully saturated rings. The molecule has 0 saturated heterocycles. The number of nitrogens with zero attached hydrogens (tertiary/aromatic N) is 1. The van der Waals surface area contributed by atoms with Crippen LogP contribution < -0.4 is 0 Å². The molecule has 0 aliphatic carbocycles. The van der Waals surface area contributed by atoms with Gasteiger partial charge in [0.1, 0.15) is 6.61 Å². The summed E-state index contributed by atoms with van der Waals surface area (Å²) < 4.78 is 5.59. The Labute approximate surface area is 73.2 Å². The van der Waals surface area contributed by atoms with Gasteiger partial charge in [0.15, 0.2) is 0 Å². The van der Waals surface area contributed by atoms with Crippen LogP contribution in [-0.4, -0.2) is 29.1 Å².